The van der Waals surface area contributed by atoms with Crippen LogP contribution in [0.1, 0.15) is 27.2 Å². The first-order valence-corrected chi connectivity index (χ1v) is 5.34. The molecule has 0 aromatic rings. The molecule has 15 heavy (non-hydrogen) atoms. The molecule has 5 heteroatoms. The molecular weight excluding hydrogens is 192 g/mol. The van der Waals surface area contributed by atoms with E-state index in [-0.39, 0.29) is 18.0 Å². The molecule has 0 saturated carbocycles. The third-order valence-corrected chi connectivity index (χ3v) is 2.31. The monoisotopic (exact) mass is 212 g/mol. The third kappa shape index (κ3) is 3.77. The van der Waals surface area contributed by atoms with E-state index in [0.717, 1.165) is 19.5 Å². The van der Waals surface area contributed by atoms with Gasteiger partial charge in [0.2, 0.25) is 5.91 Å². The summed E-state index contributed by atoms with van der Waals surface area (Å²) < 4.78 is 0. The zero-order valence-corrected chi connectivity index (χ0v) is 9.66. The molecule has 1 heterocycles. The molecular formula is C10H20N4O. The lowest BCUT2D eigenvalue weighted by Crippen LogP contribution is -2.40. The Balaban J connectivity index is 2.45. The maximum absolute atomic E-state index is 10.9. The van der Waals surface area contributed by atoms with Crippen molar-refractivity contribution in [3.05, 3.63) is 0 Å². The number of amides is 1. The van der Waals surface area contributed by atoms with Crippen molar-refractivity contribution in [2.45, 2.75) is 39.3 Å². The maximum atomic E-state index is 10.9. The molecule has 1 unspecified atom stereocenters. The summed E-state index contributed by atoms with van der Waals surface area (Å²) in [4.78, 5) is 17.2. The topological polar surface area (TPSA) is 70.7 Å². The fourth-order valence-corrected chi connectivity index (χ4v) is 1.72. The van der Waals surface area contributed by atoms with Crippen LogP contribution < -0.4 is 11.1 Å². The molecule has 0 radical (unpaired) electrons. The summed E-state index contributed by atoms with van der Waals surface area (Å²) in [6, 6.07) is 0.424. The van der Waals surface area contributed by atoms with E-state index in [0.29, 0.717) is 5.96 Å². The first-order chi connectivity index (χ1) is 6.99. The summed E-state index contributed by atoms with van der Waals surface area (Å²) in [6.45, 7) is 7.16. The fourth-order valence-electron chi connectivity index (χ4n) is 1.72. The van der Waals surface area contributed by atoms with Crippen LogP contribution in [0, 0.1) is 0 Å². The van der Waals surface area contributed by atoms with Crippen molar-refractivity contribution in [1.82, 2.24) is 10.2 Å². The highest BCUT2D eigenvalue weighted by Gasteiger charge is 2.24. The van der Waals surface area contributed by atoms with Crippen LogP contribution in [0.5, 0.6) is 0 Å². The largest absolute Gasteiger partial charge is 0.370 e. The number of aliphatic imine (C=N–C) groups is 1. The minimum absolute atomic E-state index is 0.0150. The van der Waals surface area contributed by atoms with E-state index < -0.39 is 0 Å². The lowest BCUT2D eigenvalue weighted by atomic mass is 10.3. The zero-order valence-electron chi connectivity index (χ0n) is 9.66. The summed E-state index contributed by atoms with van der Waals surface area (Å²) in [5.41, 5.74) is 5.84. The summed E-state index contributed by atoms with van der Waals surface area (Å²) in [5, 5.41) is 2.89. The van der Waals surface area contributed by atoms with Crippen molar-refractivity contribution in [1.29, 1.82) is 0 Å². The van der Waals surface area contributed by atoms with Crippen molar-refractivity contribution in [3.63, 3.8) is 0 Å². The quantitative estimate of drug-likeness (QED) is 0.497. The van der Waals surface area contributed by atoms with E-state index in [2.05, 4.69) is 10.3 Å². The lowest BCUT2D eigenvalue weighted by Gasteiger charge is -2.18. The number of hydrogen-bond donors (Lipinski definition) is 2. The van der Waals surface area contributed by atoms with Gasteiger partial charge in [-0.15, -0.1) is 0 Å². The van der Waals surface area contributed by atoms with Gasteiger partial charge in [0.15, 0.2) is 5.96 Å². The third-order valence-electron chi connectivity index (χ3n) is 2.31. The molecule has 86 valence electrons. The van der Waals surface area contributed by atoms with Crippen LogP contribution in [0.15, 0.2) is 4.99 Å². The van der Waals surface area contributed by atoms with Gasteiger partial charge in [-0.05, 0) is 20.3 Å². The second-order valence-corrected chi connectivity index (χ2v) is 4.21. The molecule has 1 fully saturated rings. The molecule has 0 bridgehead atoms. The molecule has 1 aliphatic rings. The number of carbonyl (C=O) groups is 1. The van der Waals surface area contributed by atoms with Gasteiger partial charge in [-0.3, -0.25) is 9.79 Å². The van der Waals surface area contributed by atoms with Crippen LogP contribution >= 0.6 is 0 Å². The molecule has 3 N–H and O–H groups in total. The summed E-state index contributed by atoms with van der Waals surface area (Å²) in [5.74, 6) is 0.596. The number of guanidine groups is 1. The number of nitrogens with one attached hydrogen (secondary N) is 1. The number of nitrogens with two attached hydrogens (primary N) is 1. The highest BCUT2D eigenvalue weighted by molar-refractivity contribution is 5.79. The van der Waals surface area contributed by atoms with Gasteiger partial charge in [0.1, 0.15) is 0 Å². The van der Waals surface area contributed by atoms with Gasteiger partial charge in [-0.25, -0.2) is 0 Å². The molecule has 0 spiro atoms. The molecule has 1 atom stereocenters. The Morgan fingerprint density at radius 2 is 2.27 bits per heavy atom. The minimum atomic E-state index is 0.0150. The Kier molecular flexibility index (Phi) is 3.94. The average molecular weight is 212 g/mol. The van der Waals surface area contributed by atoms with Crippen molar-refractivity contribution in [2.75, 3.05) is 13.1 Å². The molecule has 0 aromatic heterocycles. The van der Waals surface area contributed by atoms with E-state index in [9.17, 15) is 4.79 Å². The highest BCUT2D eigenvalue weighted by atomic mass is 16.1. The number of rotatable bonds is 2. The second kappa shape index (κ2) is 5.00. The lowest BCUT2D eigenvalue weighted by molar-refractivity contribution is -0.119. The van der Waals surface area contributed by atoms with Crippen LogP contribution in [-0.2, 0) is 4.79 Å². The van der Waals surface area contributed by atoms with E-state index in [4.69, 9.17) is 5.73 Å². The smallest absolute Gasteiger partial charge is 0.217 e. The van der Waals surface area contributed by atoms with Crippen LogP contribution in [-0.4, -0.2) is 41.9 Å². The SMILES string of the molecule is CC(=O)NC1CCN(C(N)=NC(C)C)C1. The van der Waals surface area contributed by atoms with E-state index in [1.807, 2.05) is 18.7 Å². The number of carbonyl (C=O) groups excluding carboxylic acids is 1. The fraction of sp³-hybridized carbons (Fsp3) is 0.800. The summed E-state index contributed by atoms with van der Waals surface area (Å²) in [6.07, 6.45) is 0.938. The predicted molar refractivity (Wildman–Crippen MR) is 60.6 cm³/mol. The van der Waals surface area contributed by atoms with Crippen LogP contribution in [0.2, 0.25) is 0 Å². The van der Waals surface area contributed by atoms with Crippen LogP contribution in [0.3, 0.4) is 0 Å². The van der Waals surface area contributed by atoms with Gasteiger partial charge in [-0.2, -0.15) is 0 Å². The van der Waals surface area contributed by atoms with Gasteiger partial charge in [-0.1, -0.05) is 0 Å². The number of nitrogens with zero attached hydrogens (tertiary/aromatic N) is 2. The predicted octanol–water partition coefficient (Wildman–Crippen LogP) is -0.0801. The Hall–Kier alpha value is -1.26. The van der Waals surface area contributed by atoms with Gasteiger partial charge < -0.3 is 16.0 Å². The first-order valence-electron chi connectivity index (χ1n) is 5.34. The summed E-state index contributed by atoms with van der Waals surface area (Å²) in [7, 11) is 0. The van der Waals surface area contributed by atoms with E-state index in [1.165, 1.54) is 6.92 Å². The Morgan fingerprint density at radius 3 is 2.80 bits per heavy atom. The van der Waals surface area contributed by atoms with Crippen molar-refractivity contribution < 1.29 is 4.79 Å². The molecule has 1 saturated heterocycles. The van der Waals surface area contributed by atoms with E-state index >= 15 is 0 Å². The van der Waals surface area contributed by atoms with Gasteiger partial charge in [0.25, 0.3) is 0 Å². The van der Waals surface area contributed by atoms with Gasteiger partial charge >= 0.3 is 0 Å². The normalized spacial score (nSPS) is 22.3. The first kappa shape index (κ1) is 11.8. The Bertz CT molecular complexity index is 262. The van der Waals surface area contributed by atoms with E-state index in [1.54, 1.807) is 0 Å². The Labute approximate surface area is 90.7 Å². The highest BCUT2D eigenvalue weighted by Crippen LogP contribution is 2.08. The zero-order chi connectivity index (χ0) is 11.4. The van der Waals surface area contributed by atoms with Crippen molar-refractivity contribution in [3.8, 4) is 0 Å². The van der Waals surface area contributed by atoms with Gasteiger partial charge in [0.05, 0.1) is 0 Å². The van der Waals surface area contributed by atoms with Crippen molar-refractivity contribution >= 4 is 11.9 Å². The second-order valence-electron chi connectivity index (χ2n) is 4.21. The molecule has 0 aliphatic carbocycles. The molecule has 1 rings (SSSR count). The molecule has 0 aromatic carbocycles. The van der Waals surface area contributed by atoms with Crippen LogP contribution in [0.25, 0.3) is 0 Å². The molecule has 1 aliphatic heterocycles. The summed E-state index contributed by atoms with van der Waals surface area (Å²) >= 11 is 0. The van der Waals surface area contributed by atoms with Gasteiger partial charge in [0, 0.05) is 32.1 Å². The Morgan fingerprint density at radius 1 is 1.60 bits per heavy atom. The van der Waals surface area contributed by atoms with Crippen LogP contribution in [0.4, 0.5) is 0 Å². The maximum Gasteiger partial charge on any atom is 0.217 e. The number of hydrogen-bond acceptors (Lipinski definition) is 2. The average Bonchev–Trinajstić information content (AvgIpc) is 2.50. The molecule has 5 nitrogen and oxygen atoms in total. The number of likely N-dealkylation sites (tertiary alicyclic amines) is 1. The standard InChI is InChI=1S/C10H20N4O/c1-7(2)12-10(11)14-5-4-9(6-14)13-8(3)15/h7,9H,4-6H2,1-3H3,(H2,11,12)(H,13,15). The van der Waals surface area contributed by atoms with Crippen molar-refractivity contribution in [2.24, 2.45) is 10.7 Å². The molecule has 1 amide bonds. The minimum Gasteiger partial charge on any atom is -0.370 e.